The minimum absolute atomic E-state index is 0.0398. The van der Waals surface area contributed by atoms with Gasteiger partial charge in [0, 0.05) is 10.7 Å². The van der Waals surface area contributed by atoms with E-state index in [1.165, 1.54) is 6.42 Å². The molecule has 1 aliphatic carbocycles. The van der Waals surface area contributed by atoms with Crippen LogP contribution in [0.2, 0.25) is 5.02 Å². The largest absolute Gasteiger partial charge is 0.446 e. The molecule has 0 heterocycles. The zero-order valence-corrected chi connectivity index (χ0v) is 11.2. The molecular formula is C14H18ClNO2. The smallest absolute Gasteiger partial charge is 0.411 e. The van der Waals surface area contributed by atoms with Crippen molar-refractivity contribution in [2.75, 3.05) is 5.32 Å². The molecule has 1 aromatic rings. The van der Waals surface area contributed by atoms with E-state index in [0.29, 0.717) is 16.6 Å². The first-order valence-corrected chi connectivity index (χ1v) is 6.76. The third-order valence-electron chi connectivity index (χ3n) is 3.36. The molecule has 0 aliphatic heterocycles. The van der Waals surface area contributed by atoms with Crippen molar-refractivity contribution in [2.45, 2.75) is 38.7 Å². The van der Waals surface area contributed by atoms with Gasteiger partial charge in [0.25, 0.3) is 0 Å². The molecule has 1 N–H and O–H groups in total. The van der Waals surface area contributed by atoms with Crippen LogP contribution in [0.4, 0.5) is 10.5 Å². The van der Waals surface area contributed by atoms with E-state index in [1.807, 2.05) is 0 Å². The average molecular weight is 268 g/mol. The quantitative estimate of drug-likeness (QED) is 0.859. The van der Waals surface area contributed by atoms with Crippen LogP contribution in [0.5, 0.6) is 0 Å². The van der Waals surface area contributed by atoms with E-state index in [1.54, 1.807) is 24.3 Å². The number of hydrogen-bond donors (Lipinski definition) is 1. The molecule has 0 aromatic heterocycles. The number of rotatable bonds is 2. The van der Waals surface area contributed by atoms with E-state index in [4.69, 9.17) is 16.3 Å². The number of halogens is 1. The maximum atomic E-state index is 11.8. The van der Waals surface area contributed by atoms with Gasteiger partial charge in [0.2, 0.25) is 0 Å². The molecule has 0 bridgehead atoms. The number of nitrogens with one attached hydrogen (secondary N) is 1. The van der Waals surface area contributed by atoms with E-state index >= 15 is 0 Å². The van der Waals surface area contributed by atoms with Crippen molar-refractivity contribution in [1.29, 1.82) is 0 Å². The highest BCUT2D eigenvalue weighted by molar-refractivity contribution is 6.30. The number of carbonyl (C=O) groups is 1. The van der Waals surface area contributed by atoms with Crippen LogP contribution in [0.1, 0.15) is 32.6 Å². The zero-order valence-electron chi connectivity index (χ0n) is 10.5. The first-order valence-electron chi connectivity index (χ1n) is 6.38. The van der Waals surface area contributed by atoms with E-state index in [2.05, 4.69) is 12.2 Å². The summed E-state index contributed by atoms with van der Waals surface area (Å²) in [7, 11) is 0. The Labute approximate surface area is 112 Å². The van der Waals surface area contributed by atoms with Gasteiger partial charge in [-0.1, -0.05) is 31.0 Å². The molecule has 98 valence electrons. The van der Waals surface area contributed by atoms with Crippen LogP contribution in [0, 0.1) is 5.92 Å². The minimum atomic E-state index is -0.393. The Bertz CT molecular complexity index is 422. The predicted molar refractivity (Wildman–Crippen MR) is 73.0 cm³/mol. The standard InChI is InChI=1S/C14H18ClNO2/c1-10-5-2-3-8-13(10)18-14(17)16-12-7-4-6-11(15)9-12/h4,6-7,9-10,13H,2-3,5,8H2,1H3,(H,16,17)/t10-,13-/m1/s1. The van der Waals surface area contributed by atoms with E-state index in [-0.39, 0.29) is 6.10 Å². The van der Waals surface area contributed by atoms with E-state index in [0.717, 1.165) is 19.3 Å². The third-order valence-corrected chi connectivity index (χ3v) is 3.60. The van der Waals surface area contributed by atoms with Gasteiger partial charge < -0.3 is 4.74 Å². The SMILES string of the molecule is C[C@@H]1CCCC[C@H]1OC(=O)Nc1cccc(Cl)c1. The first kappa shape index (κ1) is 13.2. The second kappa shape index (κ2) is 6.10. The van der Waals surface area contributed by atoms with Crippen LogP contribution in [-0.2, 0) is 4.74 Å². The van der Waals surface area contributed by atoms with Crippen molar-refractivity contribution < 1.29 is 9.53 Å². The van der Waals surface area contributed by atoms with Crippen molar-refractivity contribution in [1.82, 2.24) is 0 Å². The fraction of sp³-hybridized carbons (Fsp3) is 0.500. The molecule has 4 heteroatoms. The van der Waals surface area contributed by atoms with Crippen LogP contribution in [0.15, 0.2) is 24.3 Å². The first-order chi connectivity index (χ1) is 8.65. The molecule has 3 nitrogen and oxygen atoms in total. The lowest BCUT2D eigenvalue weighted by Gasteiger charge is -2.28. The summed E-state index contributed by atoms with van der Waals surface area (Å²) in [6, 6.07) is 7.05. The monoisotopic (exact) mass is 267 g/mol. The summed E-state index contributed by atoms with van der Waals surface area (Å²) in [5.74, 6) is 0.448. The Hall–Kier alpha value is -1.22. The molecule has 1 amide bonds. The van der Waals surface area contributed by atoms with Gasteiger partial charge >= 0.3 is 6.09 Å². The zero-order chi connectivity index (χ0) is 13.0. The molecule has 1 aromatic carbocycles. The molecule has 0 radical (unpaired) electrons. The molecule has 2 atom stereocenters. The van der Waals surface area contributed by atoms with Gasteiger partial charge in [0.1, 0.15) is 6.10 Å². The minimum Gasteiger partial charge on any atom is -0.446 e. The number of benzene rings is 1. The van der Waals surface area contributed by atoms with Crippen molar-refractivity contribution in [3.05, 3.63) is 29.3 Å². The Kier molecular flexibility index (Phi) is 4.48. The molecule has 1 saturated carbocycles. The fourth-order valence-corrected chi connectivity index (χ4v) is 2.50. The lowest BCUT2D eigenvalue weighted by atomic mass is 9.88. The van der Waals surface area contributed by atoms with Crippen molar-refractivity contribution in [2.24, 2.45) is 5.92 Å². The summed E-state index contributed by atoms with van der Waals surface area (Å²) in [5, 5.41) is 3.30. The lowest BCUT2D eigenvalue weighted by Crippen LogP contribution is -2.30. The van der Waals surface area contributed by atoms with Gasteiger partial charge in [-0.2, -0.15) is 0 Å². The van der Waals surface area contributed by atoms with E-state index < -0.39 is 6.09 Å². The van der Waals surface area contributed by atoms with Crippen molar-refractivity contribution in [3.8, 4) is 0 Å². The number of hydrogen-bond acceptors (Lipinski definition) is 2. The Morgan fingerprint density at radius 1 is 1.39 bits per heavy atom. The Balaban J connectivity index is 1.88. The van der Waals surface area contributed by atoms with Gasteiger partial charge in [-0.05, 0) is 43.4 Å². The molecule has 0 unspecified atom stereocenters. The van der Waals surface area contributed by atoms with Crippen LogP contribution >= 0.6 is 11.6 Å². The van der Waals surface area contributed by atoms with Gasteiger partial charge in [-0.15, -0.1) is 0 Å². The topological polar surface area (TPSA) is 38.3 Å². The highest BCUT2D eigenvalue weighted by Crippen LogP contribution is 2.26. The van der Waals surface area contributed by atoms with Gasteiger partial charge in [0.05, 0.1) is 0 Å². The number of anilines is 1. The molecule has 0 spiro atoms. The number of carbonyl (C=O) groups excluding carboxylic acids is 1. The van der Waals surface area contributed by atoms with Crippen LogP contribution in [0.3, 0.4) is 0 Å². The highest BCUT2D eigenvalue weighted by atomic mass is 35.5. The molecular weight excluding hydrogens is 250 g/mol. The molecule has 18 heavy (non-hydrogen) atoms. The summed E-state index contributed by atoms with van der Waals surface area (Å²) in [5.41, 5.74) is 0.663. The number of amides is 1. The molecule has 2 rings (SSSR count). The van der Waals surface area contributed by atoms with Crippen molar-refractivity contribution in [3.63, 3.8) is 0 Å². The van der Waals surface area contributed by atoms with Crippen LogP contribution in [-0.4, -0.2) is 12.2 Å². The Morgan fingerprint density at radius 2 is 2.17 bits per heavy atom. The predicted octanol–water partition coefficient (Wildman–Crippen LogP) is 4.47. The maximum absolute atomic E-state index is 11.8. The summed E-state index contributed by atoms with van der Waals surface area (Å²) < 4.78 is 5.45. The molecule has 0 saturated heterocycles. The summed E-state index contributed by atoms with van der Waals surface area (Å²) in [4.78, 5) is 11.8. The normalized spacial score (nSPS) is 23.4. The fourth-order valence-electron chi connectivity index (χ4n) is 2.31. The summed E-state index contributed by atoms with van der Waals surface area (Å²) >= 11 is 5.85. The highest BCUT2D eigenvalue weighted by Gasteiger charge is 2.24. The molecule has 1 fully saturated rings. The summed E-state index contributed by atoms with van der Waals surface area (Å²) in [6.45, 7) is 2.14. The molecule has 1 aliphatic rings. The van der Waals surface area contributed by atoms with Crippen LogP contribution < -0.4 is 5.32 Å². The third kappa shape index (κ3) is 3.64. The van der Waals surface area contributed by atoms with E-state index in [9.17, 15) is 4.79 Å². The second-order valence-corrected chi connectivity index (χ2v) is 5.28. The van der Waals surface area contributed by atoms with Gasteiger partial charge in [-0.3, -0.25) is 5.32 Å². The lowest BCUT2D eigenvalue weighted by molar-refractivity contribution is 0.0524. The number of ether oxygens (including phenoxy) is 1. The van der Waals surface area contributed by atoms with Crippen LogP contribution in [0.25, 0.3) is 0 Å². The van der Waals surface area contributed by atoms with Crippen molar-refractivity contribution >= 4 is 23.4 Å². The van der Waals surface area contributed by atoms with Gasteiger partial charge in [-0.25, -0.2) is 4.79 Å². The average Bonchev–Trinajstić information content (AvgIpc) is 2.32. The second-order valence-electron chi connectivity index (χ2n) is 4.84. The van der Waals surface area contributed by atoms with Gasteiger partial charge in [0.15, 0.2) is 0 Å². The maximum Gasteiger partial charge on any atom is 0.411 e. The summed E-state index contributed by atoms with van der Waals surface area (Å²) in [6.07, 6.45) is 4.12. The Morgan fingerprint density at radius 3 is 2.89 bits per heavy atom.